The van der Waals surface area contributed by atoms with Crippen LogP contribution in [-0.2, 0) is 9.53 Å². The van der Waals surface area contributed by atoms with E-state index in [0.717, 1.165) is 5.56 Å². The Morgan fingerprint density at radius 2 is 1.85 bits per heavy atom. The predicted molar refractivity (Wildman–Crippen MR) is 96.7 cm³/mol. The van der Waals surface area contributed by atoms with Gasteiger partial charge in [-0.05, 0) is 30.3 Å². The van der Waals surface area contributed by atoms with Crippen LogP contribution in [0.25, 0.3) is 0 Å². The summed E-state index contributed by atoms with van der Waals surface area (Å²) in [5.74, 6) is -0.661. The van der Waals surface area contributed by atoms with Crippen LogP contribution in [0.4, 0.5) is 4.39 Å². The number of rotatable bonds is 5. The summed E-state index contributed by atoms with van der Waals surface area (Å²) in [5.41, 5.74) is 1.27. The number of ether oxygens (including phenoxy) is 1. The zero-order chi connectivity index (χ0) is 18.5. The van der Waals surface area contributed by atoms with E-state index < -0.39 is 5.82 Å². The molecular formula is C20H19ClFNO3. The number of nitrogens with zero attached hydrogens (tertiary/aromatic N) is 1. The minimum absolute atomic E-state index is 0.0958. The van der Waals surface area contributed by atoms with E-state index in [-0.39, 0.29) is 30.6 Å². The first-order chi connectivity index (χ1) is 12.5. The molecule has 26 heavy (non-hydrogen) atoms. The van der Waals surface area contributed by atoms with Gasteiger partial charge < -0.3 is 9.64 Å². The number of hydrogen-bond acceptors (Lipinski definition) is 3. The van der Waals surface area contributed by atoms with Crippen molar-refractivity contribution in [1.82, 2.24) is 4.90 Å². The molecular weight excluding hydrogens is 357 g/mol. The average Bonchev–Trinajstić information content (AvgIpc) is 2.67. The van der Waals surface area contributed by atoms with Gasteiger partial charge in [0.05, 0.1) is 13.2 Å². The van der Waals surface area contributed by atoms with Gasteiger partial charge >= 0.3 is 0 Å². The molecule has 136 valence electrons. The lowest BCUT2D eigenvalue weighted by atomic mass is 10.0. The van der Waals surface area contributed by atoms with Crippen molar-refractivity contribution in [3.8, 4) is 0 Å². The highest BCUT2D eigenvalue weighted by Gasteiger charge is 2.26. The van der Waals surface area contributed by atoms with E-state index in [2.05, 4.69) is 0 Å². The summed E-state index contributed by atoms with van der Waals surface area (Å²) < 4.78 is 18.7. The van der Waals surface area contributed by atoms with Crippen LogP contribution in [0.1, 0.15) is 34.9 Å². The van der Waals surface area contributed by atoms with E-state index in [9.17, 15) is 14.0 Å². The molecule has 1 heterocycles. The van der Waals surface area contributed by atoms with Crippen LogP contribution >= 0.6 is 11.6 Å². The summed E-state index contributed by atoms with van der Waals surface area (Å²) in [6.07, 6.45) is -0.0569. The lowest BCUT2D eigenvalue weighted by molar-refractivity contribution is -0.139. The Labute approximate surface area is 156 Å². The first kappa shape index (κ1) is 18.5. The van der Waals surface area contributed by atoms with Crippen molar-refractivity contribution in [2.24, 2.45) is 0 Å². The topological polar surface area (TPSA) is 46.6 Å². The van der Waals surface area contributed by atoms with Crippen molar-refractivity contribution in [3.05, 3.63) is 70.5 Å². The van der Waals surface area contributed by atoms with E-state index in [0.29, 0.717) is 30.3 Å². The molecule has 3 rings (SSSR count). The van der Waals surface area contributed by atoms with Gasteiger partial charge in [-0.2, -0.15) is 0 Å². The Hall–Kier alpha value is -2.24. The zero-order valence-corrected chi connectivity index (χ0v) is 14.9. The summed E-state index contributed by atoms with van der Waals surface area (Å²) in [6.45, 7) is 1.32. The van der Waals surface area contributed by atoms with Gasteiger partial charge in [-0.1, -0.05) is 29.8 Å². The monoisotopic (exact) mass is 375 g/mol. The van der Waals surface area contributed by atoms with Gasteiger partial charge in [-0.3, -0.25) is 9.59 Å². The number of hydrogen-bond donors (Lipinski definition) is 0. The SMILES string of the molecule is O=C(CCC(=O)N1CCOC(c2ccccc2Cl)C1)c1ccc(F)cc1. The smallest absolute Gasteiger partial charge is 0.223 e. The molecule has 0 bridgehead atoms. The van der Waals surface area contributed by atoms with Gasteiger partial charge in [0.2, 0.25) is 5.91 Å². The molecule has 6 heteroatoms. The first-order valence-electron chi connectivity index (χ1n) is 8.47. The second-order valence-electron chi connectivity index (χ2n) is 6.15. The Morgan fingerprint density at radius 1 is 1.12 bits per heavy atom. The zero-order valence-electron chi connectivity index (χ0n) is 14.2. The van der Waals surface area contributed by atoms with Gasteiger partial charge in [0.1, 0.15) is 11.9 Å². The van der Waals surface area contributed by atoms with E-state index in [1.54, 1.807) is 11.0 Å². The summed E-state index contributed by atoms with van der Waals surface area (Å²) in [6, 6.07) is 12.8. The maximum atomic E-state index is 12.9. The fourth-order valence-corrected chi connectivity index (χ4v) is 3.22. The van der Waals surface area contributed by atoms with Gasteiger partial charge in [0, 0.05) is 35.5 Å². The fourth-order valence-electron chi connectivity index (χ4n) is 2.96. The van der Waals surface area contributed by atoms with Gasteiger partial charge in [0.15, 0.2) is 5.78 Å². The number of benzene rings is 2. The largest absolute Gasteiger partial charge is 0.370 e. The average molecular weight is 376 g/mol. The highest BCUT2D eigenvalue weighted by molar-refractivity contribution is 6.31. The van der Waals surface area contributed by atoms with E-state index >= 15 is 0 Å². The second kappa shape index (κ2) is 8.43. The van der Waals surface area contributed by atoms with Crippen LogP contribution in [-0.4, -0.2) is 36.3 Å². The molecule has 0 spiro atoms. The third-order valence-electron chi connectivity index (χ3n) is 4.40. The van der Waals surface area contributed by atoms with Gasteiger partial charge in [0.25, 0.3) is 0 Å². The van der Waals surface area contributed by atoms with Crippen LogP contribution in [0.2, 0.25) is 5.02 Å². The standard InChI is InChI=1S/C20H19ClFNO3/c21-17-4-2-1-3-16(17)19-13-23(11-12-26-19)20(25)10-9-18(24)14-5-7-15(22)8-6-14/h1-8,19H,9-13H2. The second-order valence-corrected chi connectivity index (χ2v) is 6.56. The van der Waals surface area contributed by atoms with Crippen LogP contribution in [0.15, 0.2) is 48.5 Å². The van der Waals surface area contributed by atoms with Crippen LogP contribution in [0.5, 0.6) is 0 Å². The molecule has 1 aliphatic heterocycles. The van der Waals surface area contributed by atoms with Crippen molar-refractivity contribution < 1.29 is 18.7 Å². The summed E-state index contributed by atoms with van der Waals surface area (Å²) in [5, 5.41) is 0.610. The molecule has 1 atom stereocenters. The third kappa shape index (κ3) is 4.48. The molecule has 1 saturated heterocycles. The molecule has 0 aliphatic carbocycles. The maximum Gasteiger partial charge on any atom is 0.223 e. The first-order valence-corrected chi connectivity index (χ1v) is 8.85. The quantitative estimate of drug-likeness (QED) is 0.741. The molecule has 0 saturated carbocycles. The van der Waals surface area contributed by atoms with Gasteiger partial charge in [-0.25, -0.2) is 4.39 Å². The van der Waals surface area contributed by atoms with Crippen molar-refractivity contribution in [3.63, 3.8) is 0 Å². The normalized spacial score (nSPS) is 17.2. The van der Waals surface area contributed by atoms with E-state index in [4.69, 9.17) is 16.3 Å². The lowest BCUT2D eigenvalue weighted by Gasteiger charge is -2.33. The predicted octanol–water partition coefficient (Wildman–Crippen LogP) is 4.04. The Morgan fingerprint density at radius 3 is 2.58 bits per heavy atom. The van der Waals surface area contributed by atoms with Crippen LogP contribution < -0.4 is 0 Å². The maximum absolute atomic E-state index is 12.9. The molecule has 0 aromatic heterocycles. The van der Waals surface area contributed by atoms with Crippen molar-refractivity contribution in [2.75, 3.05) is 19.7 Å². The molecule has 0 N–H and O–H groups in total. The van der Waals surface area contributed by atoms with E-state index in [1.807, 2.05) is 18.2 Å². The molecule has 2 aromatic carbocycles. The fraction of sp³-hybridized carbons (Fsp3) is 0.300. The van der Waals surface area contributed by atoms with Crippen LogP contribution in [0, 0.1) is 5.82 Å². The minimum Gasteiger partial charge on any atom is -0.370 e. The van der Waals surface area contributed by atoms with Gasteiger partial charge in [-0.15, -0.1) is 0 Å². The number of carbonyl (C=O) groups is 2. The van der Waals surface area contributed by atoms with Crippen molar-refractivity contribution in [1.29, 1.82) is 0 Å². The summed E-state index contributed by atoms with van der Waals surface area (Å²) >= 11 is 6.21. The minimum atomic E-state index is -0.392. The molecule has 4 nitrogen and oxygen atoms in total. The number of Topliss-reactive ketones (excluding diaryl/α,β-unsaturated/α-hetero) is 1. The molecule has 0 radical (unpaired) electrons. The Balaban J connectivity index is 1.57. The van der Waals surface area contributed by atoms with Crippen molar-refractivity contribution in [2.45, 2.75) is 18.9 Å². The molecule has 1 fully saturated rings. The number of morpholine rings is 1. The number of amides is 1. The summed E-state index contributed by atoms with van der Waals surface area (Å²) in [7, 11) is 0. The lowest BCUT2D eigenvalue weighted by Crippen LogP contribution is -2.42. The number of halogens is 2. The molecule has 2 aromatic rings. The van der Waals surface area contributed by atoms with Crippen molar-refractivity contribution >= 4 is 23.3 Å². The highest BCUT2D eigenvalue weighted by Crippen LogP contribution is 2.28. The molecule has 1 unspecified atom stereocenters. The number of carbonyl (C=O) groups excluding carboxylic acids is 2. The summed E-state index contributed by atoms with van der Waals surface area (Å²) in [4.78, 5) is 26.3. The molecule has 1 aliphatic rings. The Kier molecular flexibility index (Phi) is 6.01. The van der Waals surface area contributed by atoms with E-state index in [1.165, 1.54) is 24.3 Å². The Bertz CT molecular complexity index is 794. The van der Waals surface area contributed by atoms with Crippen LogP contribution in [0.3, 0.4) is 0 Å². The third-order valence-corrected chi connectivity index (χ3v) is 4.75. The molecule has 1 amide bonds. The number of ketones is 1. The highest BCUT2D eigenvalue weighted by atomic mass is 35.5.